The third-order valence-electron chi connectivity index (χ3n) is 4.03. The second kappa shape index (κ2) is 7.33. The van der Waals surface area contributed by atoms with Crippen LogP contribution in [0.1, 0.15) is 38.3 Å². The van der Waals surface area contributed by atoms with Gasteiger partial charge in [0.05, 0.1) is 4.88 Å². The number of benzene rings is 1. The van der Waals surface area contributed by atoms with Crippen LogP contribution in [-0.2, 0) is 4.79 Å². The summed E-state index contributed by atoms with van der Waals surface area (Å²) in [7, 11) is 0. The number of rotatable bonds is 5. The van der Waals surface area contributed by atoms with E-state index in [1.165, 1.54) is 5.56 Å². The molecule has 2 N–H and O–H groups in total. The van der Waals surface area contributed by atoms with Crippen molar-refractivity contribution < 1.29 is 4.79 Å². The van der Waals surface area contributed by atoms with Gasteiger partial charge in [-0.2, -0.15) is 5.10 Å². The highest BCUT2D eigenvalue weighted by Crippen LogP contribution is 2.26. The van der Waals surface area contributed by atoms with Crippen LogP contribution in [0.3, 0.4) is 0 Å². The summed E-state index contributed by atoms with van der Waals surface area (Å²) >= 11 is 6.89. The third-order valence-corrected chi connectivity index (χ3v) is 5.19. The number of H-pyrrole nitrogens is 1. The van der Waals surface area contributed by atoms with Gasteiger partial charge in [0.25, 0.3) is 0 Å². The Bertz CT molecular complexity index is 925. The molecule has 1 atom stereocenters. The monoisotopic (exact) mass is 372 g/mol. The summed E-state index contributed by atoms with van der Waals surface area (Å²) in [6.45, 7) is 6.08. The molecule has 2 heterocycles. The Hall–Kier alpha value is -2.25. The van der Waals surface area contributed by atoms with E-state index in [1.54, 1.807) is 15.9 Å². The molecule has 3 aromatic rings. The summed E-state index contributed by atoms with van der Waals surface area (Å²) in [5, 5.41) is 12.0. The first kappa shape index (κ1) is 17.6. The van der Waals surface area contributed by atoms with E-state index in [0.29, 0.717) is 16.5 Å². The van der Waals surface area contributed by atoms with Gasteiger partial charge in [0.1, 0.15) is 6.04 Å². The molecule has 0 unspecified atom stereocenters. The highest BCUT2D eigenvalue weighted by atomic mass is 32.1. The number of nitrogens with one attached hydrogen (secondary N) is 2. The van der Waals surface area contributed by atoms with Gasteiger partial charge in [-0.1, -0.05) is 32.0 Å². The van der Waals surface area contributed by atoms with Gasteiger partial charge >= 0.3 is 0 Å². The molecule has 0 aliphatic heterocycles. The Balaban J connectivity index is 1.86. The van der Waals surface area contributed by atoms with E-state index in [1.807, 2.05) is 42.6 Å². The van der Waals surface area contributed by atoms with E-state index in [9.17, 15) is 4.79 Å². The molecule has 0 fully saturated rings. The average molecular weight is 373 g/mol. The van der Waals surface area contributed by atoms with E-state index in [0.717, 1.165) is 10.6 Å². The SMILES string of the molecule is CC(C)c1cccc(NC(=O)[C@@H](C)n2c(-c3cccs3)n[nH]c2=S)c1. The molecule has 2 aromatic heterocycles. The number of amides is 1. The van der Waals surface area contributed by atoms with Gasteiger partial charge in [-0.15, -0.1) is 11.3 Å². The number of hydrogen-bond donors (Lipinski definition) is 2. The quantitative estimate of drug-likeness (QED) is 0.620. The lowest BCUT2D eigenvalue weighted by molar-refractivity contribution is -0.118. The zero-order valence-electron chi connectivity index (χ0n) is 14.3. The van der Waals surface area contributed by atoms with Crippen molar-refractivity contribution in [2.24, 2.45) is 0 Å². The van der Waals surface area contributed by atoms with Crippen LogP contribution in [0.5, 0.6) is 0 Å². The maximum Gasteiger partial charge on any atom is 0.247 e. The molecule has 1 amide bonds. The summed E-state index contributed by atoms with van der Waals surface area (Å²) in [6.07, 6.45) is 0. The lowest BCUT2D eigenvalue weighted by atomic mass is 10.0. The molecule has 5 nitrogen and oxygen atoms in total. The largest absolute Gasteiger partial charge is 0.324 e. The molecule has 0 saturated heterocycles. The first-order chi connectivity index (χ1) is 12.0. The van der Waals surface area contributed by atoms with Crippen LogP contribution in [0.25, 0.3) is 10.7 Å². The van der Waals surface area contributed by atoms with Crippen LogP contribution >= 0.6 is 23.6 Å². The van der Waals surface area contributed by atoms with E-state index in [-0.39, 0.29) is 5.91 Å². The number of thiophene rings is 1. The minimum absolute atomic E-state index is 0.129. The Kier molecular flexibility index (Phi) is 5.15. The molecule has 0 saturated carbocycles. The van der Waals surface area contributed by atoms with Crippen molar-refractivity contribution in [1.29, 1.82) is 0 Å². The summed E-state index contributed by atoms with van der Waals surface area (Å²) in [5.74, 6) is 0.956. The summed E-state index contributed by atoms with van der Waals surface area (Å²) in [4.78, 5) is 13.7. The third kappa shape index (κ3) is 3.72. The fraction of sp³-hybridized carbons (Fsp3) is 0.278. The topological polar surface area (TPSA) is 62.7 Å². The number of hydrogen-bond acceptors (Lipinski definition) is 4. The lowest BCUT2D eigenvalue weighted by Crippen LogP contribution is -2.24. The van der Waals surface area contributed by atoms with Crippen molar-refractivity contribution in [3.8, 4) is 10.7 Å². The van der Waals surface area contributed by atoms with Crippen molar-refractivity contribution >= 4 is 35.1 Å². The smallest absolute Gasteiger partial charge is 0.247 e. The zero-order valence-corrected chi connectivity index (χ0v) is 15.9. The summed E-state index contributed by atoms with van der Waals surface area (Å²) < 4.78 is 2.19. The van der Waals surface area contributed by atoms with E-state index < -0.39 is 6.04 Å². The van der Waals surface area contributed by atoms with Crippen LogP contribution in [0.2, 0.25) is 0 Å². The lowest BCUT2D eigenvalue weighted by Gasteiger charge is -2.16. The maximum atomic E-state index is 12.7. The first-order valence-electron chi connectivity index (χ1n) is 8.09. The number of carbonyl (C=O) groups excluding carboxylic acids is 1. The Morgan fingerprint density at radius 2 is 2.08 bits per heavy atom. The Morgan fingerprint density at radius 1 is 1.28 bits per heavy atom. The van der Waals surface area contributed by atoms with E-state index >= 15 is 0 Å². The molecule has 0 spiro atoms. The van der Waals surface area contributed by atoms with Crippen molar-refractivity contribution in [2.45, 2.75) is 32.7 Å². The molecule has 25 heavy (non-hydrogen) atoms. The molecular weight excluding hydrogens is 352 g/mol. The Labute approximate surface area is 155 Å². The fourth-order valence-electron chi connectivity index (χ4n) is 2.58. The second-order valence-electron chi connectivity index (χ2n) is 6.15. The van der Waals surface area contributed by atoms with Gasteiger partial charge in [-0.25, -0.2) is 0 Å². The highest BCUT2D eigenvalue weighted by molar-refractivity contribution is 7.71. The minimum Gasteiger partial charge on any atom is -0.324 e. The van der Waals surface area contributed by atoms with Crippen LogP contribution < -0.4 is 5.32 Å². The predicted molar refractivity (Wildman–Crippen MR) is 105 cm³/mol. The van der Waals surface area contributed by atoms with Gasteiger partial charge in [-0.05, 0) is 54.2 Å². The number of aromatic amines is 1. The predicted octanol–water partition coefficient (Wildman–Crippen LogP) is 4.99. The van der Waals surface area contributed by atoms with Crippen LogP contribution in [0.15, 0.2) is 41.8 Å². The molecule has 0 aliphatic rings. The van der Waals surface area contributed by atoms with Gasteiger partial charge in [0, 0.05) is 5.69 Å². The van der Waals surface area contributed by atoms with Gasteiger partial charge in [-0.3, -0.25) is 14.5 Å². The maximum absolute atomic E-state index is 12.7. The van der Waals surface area contributed by atoms with Crippen LogP contribution in [0.4, 0.5) is 5.69 Å². The molecule has 7 heteroatoms. The molecule has 130 valence electrons. The van der Waals surface area contributed by atoms with E-state index in [2.05, 4.69) is 35.4 Å². The number of anilines is 1. The Morgan fingerprint density at radius 3 is 2.76 bits per heavy atom. The normalized spacial score (nSPS) is 12.3. The van der Waals surface area contributed by atoms with Gasteiger partial charge in [0.15, 0.2) is 10.6 Å². The minimum atomic E-state index is -0.481. The number of nitrogens with zero attached hydrogens (tertiary/aromatic N) is 2. The summed E-state index contributed by atoms with van der Waals surface area (Å²) in [6, 6.07) is 11.3. The van der Waals surface area contributed by atoms with Crippen molar-refractivity contribution in [3.05, 3.63) is 52.1 Å². The molecular formula is C18H20N4OS2. The second-order valence-corrected chi connectivity index (χ2v) is 7.48. The standard InChI is InChI=1S/C18H20N4OS2/c1-11(2)13-6-4-7-14(10-13)19-17(23)12(3)22-16(20-21-18(22)24)15-8-5-9-25-15/h4-12H,1-3H3,(H,19,23)(H,21,24)/t12-/m1/s1. The number of aromatic nitrogens is 3. The first-order valence-corrected chi connectivity index (χ1v) is 9.37. The molecule has 0 aliphatic carbocycles. The molecule has 0 radical (unpaired) electrons. The van der Waals surface area contributed by atoms with Crippen molar-refractivity contribution in [1.82, 2.24) is 14.8 Å². The molecule has 0 bridgehead atoms. The zero-order chi connectivity index (χ0) is 18.0. The van der Waals surface area contributed by atoms with Crippen molar-refractivity contribution in [2.75, 3.05) is 5.32 Å². The molecule has 1 aromatic carbocycles. The van der Waals surface area contributed by atoms with Gasteiger partial charge < -0.3 is 5.32 Å². The molecule has 3 rings (SSSR count). The average Bonchev–Trinajstić information content (AvgIpc) is 3.23. The van der Waals surface area contributed by atoms with E-state index in [4.69, 9.17) is 12.2 Å². The fourth-order valence-corrected chi connectivity index (χ4v) is 3.58. The van der Waals surface area contributed by atoms with Gasteiger partial charge in [0.2, 0.25) is 5.91 Å². The van der Waals surface area contributed by atoms with Crippen molar-refractivity contribution in [3.63, 3.8) is 0 Å². The highest BCUT2D eigenvalue weighted by Gasteiger charge is 2.21. The van der Waals surface area contributed by atoms with Crippen LogP contribution in [-0.4, -0.2) is 20.7 Å². The number of carbonyl (C=O) groups is 1. The summed E-state index contributed by atoms with van der Waals surface area (Å²) in [5.41, 5.74) is 1.97. The van der Waals surface area contributed by atoms with Crippen LogP contribution in [0, 0.1) is 4.77 Å².